The van der Waals surface area contributed by atoms with Gasteiger partial charge in [-0.15, -0.1) is 6.58 Å². The Morgan fingerprint density at radius 1 is 1.36 bits per heavy atom. The maximum atomic E-state index is 6.13. The molecule has 1 rings (SSSR count). The Balaban J connectivity index is 2.99. The van der Waals surface area contributed by atoms with E-state index in [2.05, 4.69) is 22.5 Å². The SMILES string of the molecule is C=CC/C(Br)=C(\Cl)c1ccc(Cl)cc1. The fourth-order valence-electron chi connectivity index (χ4n) is 0.969. The molecule has 0 nitrogen and oxygen atoms in total. The summed E-state index contributed by atoms with van der Waals surface area (Å²) in [6.45, 7) is 3.65. The van der Waals surface area contributed by atoms with Crippen molar-refractivity contribution in [3.05, 3.63) is 52.0 Å². The Morgan fingerprint density at radius 3 is 2.43 bits per heavy atom. The highest BCUT2D eigenvalue weighted by Crippen LogP contribution is 2.29. The lowest BCUT2D eigenvalue weighted by molar-refractivity contribution is 1.39. The summed E-state index contributed by atoms with van der Waals surface area (Å²) in [5, 5.41) is 1.40. The van der Waals surface area contributed by atoms with Crippen LogP contribution in [0, 0.1) is 0 Å². The second-order valence-electron chi connectivity index (χ2n) is 2.72. The first-order chi connectivity index (χ1) is 6.65. The zero-order valence-electron chi connectivity index (χ0n) is 7.43. The lowest BCUT2D eigenvalue weighted by Gasteiger charge is -2.02. The minimum absolute atomic E-state index is 0.696. The zero-order valence-corrected chi connectivity index (χ0v) is 10.5. The highest BCUT2D eigenvalue weighted by Gasteiger charge is 2.02. The summed E-state index contributed by atoms with van der Waals surface area (Å²) in [5.41, 5.74) is 0.949. The lowest BCUT2D eigenvalue weighted by atomic mass is 10.2. The van der Waals surface area contributed by atoms with Gasteiger partial charge in [0.15, 0.2) is 0 Å². The minimum Gasteiger partial charge on any atom is -0.103 e. The van der Waals surface area contributed by atoms with E-state index in [1.165, 1.54) is 0 Å². The number of hydrogen-bond donors (Lipinski definition) is 0. The summed E-state index contributed by atoms with van der Waals surface area (Å²) < 4.78 is 0.927. The van der Waals surface area contributed by atoms with E-state index in [1.807, 2.05) is 24.3 Å². The Bertz CT molecular complexity index is 352. The first kappa shape index (κ1) is 11.8. The van der Waals surface area contributed by atoms with Gasteiger partial charge in [-0.3, -0.25) is 0 Å². The third kappa shape index (κ3) is 3.16. The van der Waals surface area contributed by atoms with Crippen LogP contribution in [-0.4, -0.2) is 0 Å². The first-order valence-electron chi connectivity index (χ1n) is 4.06. The number of halogens is 3. The normalized spacial score (nSPS) is 12.2. The quantitative estimate of drug-likeness (QED) is 0.670. The number of allylic oxidation sites excluding steroid dienone is 2. The van der Waals surface area contributed by atoms with E-state index in [9.17, 15) is 0 Å². The van der Waals surface area contributed by atoms with Gasteiger partial charge in [-0.05, 0) is 24.1 Å². The second-order valence-corrected chi connectivity index (χ2v) is 4.49. The fraction of sp³-hybridized carbons (Fsp3) is 0.0909. The fourth-order valence-corrected chi connectivity index (χ4v) is 1.76. The highest BCUT2D eigenvalue weighted by atomic mass is 79.9. The van der Waals surface area contributed by atoms with E-state index in [4.69, 9.17) is 23.2 Å². The number of rotatable bonds is 3. The summed E-state index contributed by atoms with van der Waals surface area (Å²) in [6.07, 6.45) is 2.52. The highest BCUT2D eigenvalue weighted by molar-refractivity contribution is 9.11. The van der Waals surface area contributed by atoms with Crippen LogP contribution in [0.25, 0.3) is 5.03 Å². The third-order valence-corrected chi connectivity index (χ3v) is 3.31. The van der Waals surface area contributed by atoms with E-state index in [0.717, 1.165) is 16.5 Å². The first-order valence-corrected chi connectivity index (χ1v) is 5.61. The van der Waals surface area contributed by atoms with Crippen molar-refractivity contribution >= 4 is 44.2 Å². The van der Waals surface area contributed by atoms with Crippen molar-refractivity contribution in [3.8, 4) is 0 Å². The van der Waals surface area contributed by atoms with E-state index in [1.54, 1.807) is 6.08 Å². The molecule has 0 aromatic heterocycles. The van der Waals surface area contributed by atoms with Gasteiger partial charge in [0.2, 0.25) is 0 Å². The molecule has 0 atom stereocenters. The third-order valence-electron chi connectivity index (χ3n) is 1.66. The van der Waals surface area contributed by atoms with Gasteiger partial charge in [0, 0.05) is 9.51 Å². The molecule has 0 saturated heterocycles. The van der Waals surface area contributed by atoms with Gasteiger partial charge in [0.1, 0.15) is 0 Å². The van der Waals surface area contributed by atoms with Crippen LogP contribution in [0.3, 0.4) is 0 Å². The van der Waals surface area contributed by atoms with Crippen molar-refractivity contribution < 1.29 is 0 Å². The molecule has 0 bridgehead atoms. The number of benzene rings is 1. The minimum atomic E-state index is 0.696. The number of hydrogen-bond acceptors (Lipinski definition) is 0. The standard InChI is InChI=1S/C11H9BrCl2/c1-2-3-10(12)11(14)8-4-6-9(13)7-5-8/h2,4-7H,1,3H2/b11-10+. The molecule has 0 N–H and O–H groups in total. The van der Waals surface area contributed by atoms with Crippen LogP contribution in [0.4, 0.5) is 0 Å². The molecular weight excluding hydrogens is 283 g/mol. The monoisotopic (exact) mass is 290 g/mol. The molecular formula is C11H9BrCl2. The molecule has 1 aromatic rings. The molecule has 1 aromatic carbocycles. The summed E-state index contributed by atoms with van der Waals surface area (Å²) in [7, 11) is 0. The largest absolute Gasteiger partial charge is 0.103 e. The van der Waals surface area contributed by atoms with Crippen LogP contribution in [0.2, 0.25) is 5.02 Å². The van der Waals surface area contributed by atoms with Crippen molar-refractivity contribution in [2.24, 2.45) is 0 Å². The van der Waals surface area contributed by atoms with Gasteiger partial charge in [0.25, 0.3) is 0 Å². The molecule has 0 fully saturated rings. The average Bonchev–Trinajstić information content (AvgIpc) is 2.18. The molecule has 74 valence electrons. The Labute approximate surface area is 102 Å². The van der Waals surface area contributed by atoms with Gasteiger partial charge in [-0.2, -0.15) is 0 Å². The van der Waals surface area contributed by atoms with Crippen LogP contribution < -0.4 is 0 Å². The van der Waals surface area contributed by atoms with Crippen LogP contribution in [0.15, 0.2) is 41.4 Å². The summed E-state index contributed by atoms with van der Waals surface area (Å²) in [5.74, 6) is 0. The van der Waals surface area contributed by atoms with Crippen molar-refractivity contribution in [2.75, 3.05) is 0 Å². The van der Waals surface area contributed by atoms with Crippen LogP contribution in [0.5, 0.6) is 0 Å². The topological polar surface area (TPSA) is 0 Å². The van der Waals surface area contributed by atoms with Crippen LogP contribution in [0.1, 0.15) is 12.0 Å². The summed E-state index contributed by atoms with van der Waals surface area (Å²) in [6, 6.07) is 7.39. The Kier molecular flexibility index (Phi) is 4.73. The zero-order chi connectivity index (χ0) is 10.6. The molecule has 0 radical (unpaired) electrons. The van der Waals surface area contributed by atoms with Gasteiger partial charge >= 0.3 is 0 Å². The molecule has 0 amide bonds. The van der Waals surface area contributed by atoms with Gasteiger partial charge < -0.3 is 0 Å². The van der Waals surface area contributed by atoms with Gasteiger partial charge in [-0.1, -0.05) is 57.3 Å². The smallest absolute Gasteiger partial charge is 0.0582 e. The molecule has 0 aliphatic heterocycles. The Hall–Kier alpha value is -0.240. The van der Waals surface area contributed by atoms with E-state index in [-0.39, 0.29) is 0 Å². The Morgan fingerprint density at radius 2 is 1.93 bits per heavy atom. The van der Waals surface area contributed by atoms with Gasteiger partial charge in [0.05, 0.1) is 5.03 Å². The second kappa shape index (κ2) is 5.59. The van der Waals surface area contributed by atoms with E-state index >= 15 is 0 Å². The van der Waals surface area contributed by atoms with Crippen LogP contribution in [-0.2, 0) is 0 Å². The molecule has 0 spiro atoms. The molecule has 0 unspecified atom stereocenters. The molecule has 0 aliphatic rings. The molecule has 14 heavy (non-hydrogen) atoms. The van der Waals surface area contributed by atoms with Crippen molar-refractivity contribution in [1.29, 1.82) is 0 Å². The predicted octanol–water partition coefficient (Wildman–Crippen LogP) is 5.22. The van der Waals surface area contributed by atoms with Crippen molar-refractivity contribution in [3.63, 3.8) is 0 Å². The maximum absolute atomic E-state index is 6.13. The lowest BCUT2D eigenvalue weighted by Crippen LogP contribution is -1.79. The van der Waals surface area contributed by atoms with Gasteiger partial charge in [-0.25, -0.2) is 0 Å². The van der Waals surface area contributed by atoms with Crippen molar-refractivity contribution in [2.45, 2.75) is 6.42 Å². The summed E-state index contributed by atoms with van der Waals surface area (Å²) in [4.78, 5) is 0. The van der Waals surface area contributed by atoms with E-state index < -0.39 is 0 Å². The summed E-state index contributed by atoms with van der Waals surface area (Å²) >= 11 is 15.3. The van der Waals surface area contributed by atoms with Crippen LogP contribution >= 0.6 is 39.1 Å². The maximum Gasteiger partial charge on any atom is 0.0582 e. The molecule has 0 aliphatic carbocycles. The van der Waals surface area contributed by atoms with E-state index in [0.29, 0.717) is 10.1 Å². The molecule has 0 saturated carbocycles. The molecule has 3 heteroatoms. The van der Waals surface area contributed by atoms with Crippen molar-refractivity contribution in [1.82, 2.24) is 0 Å². The predicted molar refractivity (Wildman–Crippen MR) is 68.0 cm³/mol. The molecule has 0 heterocycles. The average molecular weight is 292 g/mol.